The first-order valence-electron chi connectivity index (χ1n) is 13.7. The van der Waals surface area contributed by atoms with Crippen LogP contribution in [0.15, 0.2) is 78.0 Å². The van der Waals surface area contributed by atoms with Gasteiger partial charge in [-0.25, -0.2) is 39.5 Å². The number of hydrogen-bond donors (Lipinski definition) is 0. The lowest BCUT2D eigenvalue weighted by Gasteiger charge is -2.21. The summed E-state index contributed by atoms with van der Waals surface area (Å²) in [4.78, 5) is 13.4. The van der Waals surface area contributed by atoms with Gasteiger partial charge < -0.3 is 4.74 Å². The summed E-state index contributed by atoms with van der Waals surface area (Å²) >= 11 is 0. The van der Waals surface area contributed by atoms with Crippen LogP contribution in [-0.4, -0.2) is 49.1 Å². The topological polar surface area (TPSA) is 124 Å². The van der Waals surface area contributed by atoms with Crippen LogP contribution in [0, 0.1) is 12.7 Å². The van der Waals surface area contributed by atoms with Crippen molar-refractivity contribution in [2.24, 2.45) is 0 Å². The molecule has 13 heteroatoms. The molecule has 0 N–H and O–H groups in total. The minimum absolute atomic E-state index is 0.0314. The fraction of sp³-hybridized carbons (Fsp3) is 0.258. The molecular formula is C31H32FN5O5S2. The van der Waals surface area contributed by atoms with Crippen molar-refractivity contribution in [1.29, 1.82) is 0 Å². The third-order valence-electron chi connectivity index (χ3n) is 7.16. The second-order valence-electron chi connectivity index (χ2n) is 10.8. The van der Waals surface area contributed by atoms with E-state index in [-0.39, 0.29) is 30.0 Å². The molecule has 0 spiro atoms. The number of ether oxygens (including phenoxy) is 1. The Morgan fingerprint density at radius 2 is 1.64 bits per heavy atom. The Bertz CT molecular complexity index is 2040. The largest absolute Gasteiger partial charge is 0.370 e. The fourth-order valence-electron chi connectivity index (χ4n) is 4.79. The van der Waals surface area contributed by atoms with Crippen molar-refractivity contribution in [3.8, 4) is 11.3 Å². The first-order valence-corrected chi connectivity index (χ1v) is 17.0. The lowest BCUT2D eigenvalue weighted by atomic mass is 9.99. The minimum atomic E-state index is -3.98. The Kier molecular flexibility index (Phi) is 8.56. The molecule has 0 aliphatic carbocycles. The number of halogens is 1. The number of aryl methyl sites for hydroxylation is 1. The van der Waals surface area contributed by atoms with Crippen molar-refractivity contribution < 1.29 is 26.0 Å². The highest BCUT2D eigenvalue weighted by Gasteiger charge is 2.25. The molecule has 0 aliphatic heterocycles. The summed E-state index contributed by atoms with van der Waals surface area (Å²) in [5, 5.41) is 0.633. The third kappa shape index (κ3) is 6.21. The molecule has 10 nitrogen and oxygen atoms in total. The van der Waals surface area contributed by atoms with E-state index in [9.17, 15) is 21.2 Å². The zero-order valence-corrected chi connectivity index (χ0v) is 26.5. The number of hydrogen-bond acceptors (Lipinski definition) is 8. The smallest absolute Gasteiger partial charge is 0.268 e. The number of rotatable bonds is 10. The van der Waals surface area contributed by atoms with Gasteiger partial charge in [0.1, 0.15) is 5.82 Å². The van der Waals surface area contributed by atoms with Crippen molar-refractivity contribution in [2.75, 3.05) is 17.6 Å². The highest BCUT2D eigenvalue weighted by molar-refractivity contribution is 7.92. The molecule has 0 aliphatic rings. The summed E-state index contributed by atoms with van der Waals surface area (Å²) in [5.74, 6) is -0.631. The van der Waals surface area contributed by atoms with Gasteiger partial charge in [-0.05, 0) is 61.4 Å². The Morgan fingerprint density at radius 3 is 2.27 bits per heavy atom. The number of aromatic nitrogens is 4. The second kappa shape index (κ2) is 12.1. The van der Waals surface area contributed by atoms with E-state index in [0.29, 0.717) is 39.1 Å². The number of pyridine rings is 1. The molecule has 0 fully saturated rings. The van der Waals surface area contributed by atoms with E-state index in [2.05, 4.69) is 15.0 Å². The van der Waals surface area contributed by atoms with Crippen LogP contribution in [0.4, 0.5) is 10.3 Å². The Hall–Kier alpha value is -4.20. The molecule has 0 saturated carbocycles. The summed E-state index contributed by atoms with van der Waals surface area (Å²) in [6, 6.07) is 15.7. The van der Waals surface area contributed by atoms with Crippen LogP contribution in [0.3, 0.4) is 0 Å². The molecule has 5 aromatic rings. The highest BCUT2D eigenvalue weighted by atomic mass is 32.2. The van der Waals surface area contributed by atoms with Crippen LogP contribution >= 0.6 is 0 Å². The third-order valence-corrected chi connectivity index (χ3v) is 10.1. The zero-order valence-electron chi connectivity index (χ0n) is 24.9. The van der Waals surface area contributed by atoms with Gasteiger partial charge in [0.05, 0.1) is 47.0 Å². The highest BCUT2D eigenvalue weighted by Crippen LogP contribution is 2.32. The summed E-state index contributed by atoms with van der Waals surface area (Å²) in [5.41, 5.74) is 3.82. The molecule has 44 heavy (non-hydrogen) atoms. The monoisotopic (exact) mass is 637 g/mol. The average Bonchev–Trinajstić information content (AvgIpc) is 3.36. The Morgan fingerprint density at radius 1 is 0.955 bits per heavy atom. The summed E-state index contributed by atoms with van der Waals surface area (Å²) in [7, 11) is -6.30. The summed E-state index contributed by atoms with van der Waals surface area (Å²) in [6.45, 7) is 5.57. The van der Waals surface area contributed by atoms with Gasteiger partial charge in [0.15, 0.2) is 0 Å². The SMILES string of the molecule is Cc1ccc(S(=O)(=O)n2c(COCc3c(-c4ccc(F)cc4)nc(N(C)S(C)(=O)=O)nc3C(C)C)cc3cnccc32)cc1. The van der Waals surface area contributed by atoms with Crippen molar-refractivity contribution in [3.05, 3.63) is 101 Å². The van der Waals surface area contributed by atoms with E-state index in [1.165, 1.54) is 29.3 Å². The van der Waals surface area contributed by atoms with Gasteiger partial charge in [0.25, 0.3) is 10.0 Å². The molecular weight excluding hydrogens is 606 g/mol. The van der Waals surface area contributed by atoms with Crippen LogP contribution in [-0.2, 0) is 38.0 Å². The number of sulfonamides is 1. The van der Waals surface area contributed by atoms with E-state index in [1.54, 1.807) is 54.7 Å². The molecule has 5 rings (SSSR count). The van der Waals surface area contributed by atoms with E-state index >= 15 is 0 Å². The van der Waals surface area contributed by atoms with Crippen LogP contribution in [0.2, 0.25) is 0 Å². The maximum absolute atomic E-state index is 13.8. The van der Waals surface area contributed by atoms with E-state index in [1.807, 2.05) is 20.8 Å². The fourth-order valence-corrected chi connectivity index (χ4v) is 6.70. The van der Waals surface area contributed by atoms with Gasteiger partial charge >= 0.3 is 0 Å². The van der Waals surface area contributed by atoms with Gasteiger partial charge in [0.2, 0.25) is 16.0 Å². The molecule has 0 bridgehead atoms. The molecule has 230 valence electrons. The molecule has 0 unspecified atom stereocenters. The van der Waals surface area contributed by atoms with Crippen LogP contribution in [0.1, 0.15) is 42.3 Å². The molecule has 0 saturated heterocycles. The first kappa shape index (κ1) is 31.2. The molecule has 0 radical (unpaired) electrons. The van der Waals surface area contributed by atoms with E-state index < -0.39 is 25.9 Å². The predicted octanol–water partition coefficient (Wildman–Crippen LogP) is 5.41. The predicted molar refractivity (Wildman–Crippen MR) is 167 cm³/mol. The molecule has 3 heterocycles. The number of fused-ring (bicyclic) bond motifs is 1. The zero-order chi connectivity index (χ0) is 31.8. The summed E-state index contributed by atoms with van der Waals surface area (Å²) < 4.78 is 74.6. The van der Waals surface area contributed by atoms with E-state index in [4.69, 9.17) is 4.74 Å². The number of benzene rings is 2. The van der Waals surface area contributed by atoms with Gasteiger partial charge in [-0.3, -0.25) is 4.98 Å². The van der Waals surface area contributed by atoms with Crippen molar-refractivity contribution in [3.63, 3.8) is 0 Å². The molecule has 3 aromatic heterocycles. The molecule has 2 aromatic carbocycles. The van der Waals surface area contributed by atoms with Crippen molar-refractivity contribution >= 4 is 36.9 Å². The van der Waals surface area contributed by atoms with Crippen LogP contribution in [0.5, 0.6) is 0 Å². The molecule has 0 amide bonds. The van der Waals surface area contributed by atoms with E-state index in [0.717, 1.165) is 16.1 Å². The van der Waals surface area contributed by atoms with Crippen LogP contribution < -0.4 is 4.31 Å². The molecule has 0 atom stereocenters. The van der Waals surface area contributed by atoms with Crippen molar-refractivity contribution in [2.45, 2.75) is 44.8 Å². The maximum Gasteiger partial charge on any atom is 0.268 e. The quantitative estimate of drug-likeness (QED) is 0.199. The second-order valence-corrected chi connectivity index (χ2v) is 14.6. The lowest BCUT2D eigenvalue weighted by Crippen LogP contribution is -2.28. The average molecular weight is 638 g/mol. The standard InChI is InChI=1S/C31H32FN5O5S2/c1-20(2)29-27(30(22-8-10-24(32)11-9-22)35-31(34-29)36(4)43(5,38)39)19-42-18-25-16-23-17-33-15-14-28(23)37(25)44(40,41)26-12-6-21(3)7-13-26/h6-17,20H,18-19H2,1-5H3. The van der Waals surface area contributed by atoms with Gasteiger partial charge in [0, 0.05) is 36.0 Å². The number of anilines is 1. The minimum Gasteiger partial charge on any atom is -0.370 e. The lowest BCUT2D eigenvalue weighted by molar-refractivity contribution is 0.103. The van der Waals surface area contributed by atoms with Gasteiger partial charge in [-0.2, -0.15) is 0 Å². The normalized spacial score (nSPS) is 12.2. The Balaban J connectivity index is 1.57. The first-order chi connectivity index (χ1) is 20.8. The van der Waals surface area contributed by atoms with Crippen LogP contribution in [0.25, 0.3) is 22.2 Å². The number of nitrogens with zero attached hydrogens (tertiary/aromatic N) is 5. The maximum atomic E-state index is 13.8. The van der Waals surface area contributed by atoms with Gasteiger partial charge in [-0.15, -0.1) is 0 Å². The summed E-state index contributed by atoms with van der Waals surface area (Å²) in [6.07, 6.45) is 4.18. The van der Waals surface area contributed by atoms with Gasteiger partial charge in [-0.1, -0.05) is 31.5 Å². The van der Waals surface area contributed by atoms with Crippen molar-refractivity contribution in [1.82, 2.24) is 18.9 Å². The Labute approximate surface area is 256 Å².